The number of nitrogens with two attached hydrogens (primary N) is 2. The molecule has 0 bridgehead atoms. The zero-order valence-electron chi connectivity index (χ0n) is 6.53. The molecular formula is C5H10N4O2S. The first kappa shape index (κ1) is 10.6. The number of thiocarbonyl (C=S) groups is 1. The molecule has 0 saturated heterocycles. The molecule has 6 nitrogen and oxygen atoms in total. The Morgan fingerprint density at radius 3 is 2.25 bits per heavy atom. The van der Waals surface area contributed by atoms with E-state index in [1.54, 1.807) is 6.92 Å². The average molecular weight is 190 g/mol. The van der Waals surface area contributed by atoms with Gasteiger partial charge in [-0.1, -0.05) is 0 Å². The first-order valence-electron chi connectivity index (χ1n) is 3.16. The Hall–Kier alpha value is -1.37. The highest BCUT2D eigenvalue weighted by molar-refractivity contribution is 7.80. The fourth-order valence-electron chi connectivity index (χ4n) is 0.572. The van der Waals surface area contributed by atoms with Gasteiger partial charge in [-0.2, -0.15) is 0 Å². The summed E-state index contributed by atoms with van der Waals surface area (Å²) in [5, 5.41) is 1.98. The van der Waals surface area contributed by atoms with Crippen molar-refractivity contribution in [3.8, 4) is 0 Å². The lowest BCUT2D eigenvalue weighted by Crippen LogP contribution is -2.49. The van der Waals surface area contributed by atoms with Crippen molar-refractivity contribution in [1.82, 2.24) is 10.2 Å². The maximum absolute atomic E-state index is 10.6. The molecule has 0 aromatic carbocycles. The predicted molar refractivity (Wildman–Crippen MR) is 47.3 cm³/mol. The quantitative estimate of drug-likeness (QED) is 0.478. The molecule has 0 aliphatic heterocycles. The van der Waals surface area contributed by atoms with E-state index in [1.165, 1.54) is 0 Å². The number of nitrogens with zero attached hydrogens (tertiary/aromatic N) is 1. The number of carbonyl (C=O) groups is 2. The molecule has 7 heteroatoms. The summed E-state index contributed by atoms with van der Waals surface area (Å²) in [5.74, 6) is 0. The monoisotopic (exact) mass is 190 g/mol. The molecule has 4 amide bonds. The maximum Gasteiger partial charge on any atom is 0.321 e. The SMILES string of the molecule is CCN(C(N)=O)C(=S)NC(N)=O. The number of nitrogens with one attached hydrogen (secondary N) is 1. The summed E-state index contributed by atoms with van der Waals surface area (Å²) >= 11 is 4.64. The minimum absolute atomic E-state index is 0.0856. The molecule has 0 fully saturated rings. The van der Waals surface area contributed by atoms with Crippen LogP contribution in [0.3, 0.4) is 0 Å². The molecule has 0 aliphatic rings. The topological polar surface area (TPSA) is 101 Å². The second kappa shape index (κ2) is 4.50. The molecule has 0 aromatic rings. The molecule has 0 aromatic heterocycles. The summed E-state index contributed by atoms with van der Waals surface area (Å²) in [6.45, 7) is 1.95. The first-order valence-corrected chi connectivity index (χ1v) is 3.57. The van der Waals surface area contributed by atoms with Gasteiger partial charge in [0.15, 0.2) is 5.11 Å². The number of hydrogen-bond acceptors (Lipinski definition) is 3. The lowest BCUT2D eigenvalue weighted by molar-refractivity contribution is 0.230. The van der Waals surface area contributed by atoms with Crippen LogP contribution in [0, 0.1) is 0 Å². The van der Waals surface area contributed by atoms with Gasteiger partial charge in [-0.05, 0) is 19.1 Å². The Bertz CT molecular complexity index is 217. The van der Waals surface area contributed by atoms with E-state index < -0.39 is 12.1 Å². The molecule has 0 atom stereocenters. The standard InChI is InChI=1S/C5H10N4O2S/c1-2-9(4(7)11)5(12)8-3(6)10/h2H2,1H3,(H2,7,11)(H3,6,8,10,12). The van der Waals surface area contributed by atoms with E-state index in [9.17, 15) is 9.59 Å². The van der Waals surface area contributed by atoms with Crippen LogP contribution in [-0.4, -0.2) is 28.6 Å². The summed E-state index contributed by atoms with van der Waals surface area (Å²) in [5.41, 5.74) is 9.70. The van der Waals surface area contributed by atoms with Crippen molar-refractivity contribution >= 4 is 29.4 Å². The lowest BCUT2D eigenvalue weighted by Gasteiger charge is -2.18. The molecular weight excluding hydrogens is 180 g/mol. The normalized spacial score (nSPS) is 8.75. The van der Waals surface area contributed by atoms with E-state index >= 15 is 0 Å². The molecule has 0 aliphatic carbocycles. The van der Waals surface area contributed by atoms with Gasteiger partial charge >= 0.3 is 12.1 Å². The van der Waals surface area contributed by atoms with Crippen molar-refractivity contribution in [2.24, 2.45) is 11.5 Å². The highest BCUT2D eigenvalue weighted by atomic mass is 32.1. The van der Waals surface area contributed by atoms with Crippen LogP contribution in [0.1, 0.15) is 6.92 Å². The Kier molecular flexibility index (Phi) is 3.98. The van der Waals surface area contributed by atoms with Crippen molar-refractivity contribution in [2.45, 2.75) is 6.92 Å². The molecule has 0 spiro atoms. The molecule has 0 saturated carbocycles. The number of primary amides is 2. The van der Waals surface area contributed by atoms with Gasteiger partial charge in [0.25, 0.3) is 0 Å². The molecule has 68 valence electrons. The third-order valence-corrected chi connectivity index (χ3v) is 1.38. The zero-order valence-corrected chi connectivity index (χ0v) is 7.35. The van der Waals surface area contributed by atoms with Gasteiger partial charge < -0.3 is 11.5 Å². The van der Waals surface area contributed by atoms with Crippen LogP contribution in [-0.2, 0) is 0 Å². The summed E-state index contributed by atoms with van der Waals surface area (Å²) in [7, 11) is 0. The Balaban J connectivity index is 4.22. The van der Waals surface area contributed by atoms with Gasteiger partial charge in [0.05, 0.1) is 0 Å². The highest BCUT2D eigenvalue weighted by Gasteiger charge is 2.13. The Morgan fingerprint density at radius 2 is 2.00 bits per heavy atom. The van der Waals surface area contributed by atoms with Crippen molar-refractivity contribution in [3.05, 3.63) is 0 Å². The number of carbonyl (C=O) groups excluding carboxylic acids is 2. The highest BCUT2D eigenvalue weighted by Crippen LogP contribution is 1.88. The van der Waals surface area contributed by atoms with Crippen LogP contribution >= 0.6 is 12.2 Å². The molecule has 0 heterocycles. The van der Waals surface area contributed by atoms with Gasteiger partial charge in [-0.3, -0.25) is 10.2 Å². The molecule has 0 rings (SSSR count). The second-order valence-electron chi connectivity index (χ2n) is 1.88. The van der Waals surface area contributed by atoms with Crippen LogP contribution in [0.15, 0.2) is 0 Å². The summed E-state index contributed by atoms with van der Waals surface area (Å²) in [4.78, 5) is 21.9. The van der Waals surface area contributed by atoms with Gasteiger partial charge in [0.1, 0.15) is 0 Å². The third-order valence-electron chi connectivity index (χ3n) is 1.06. The van der Waals surface area contributed by atoms with E-state index in [0.29, 0.717) is 0 Å². The van der Waals surface area contributed by atoms with Crippen molar-refractivity contribution in [2.75, 3.05) is 6.54 Å². The molecule has 5 N–H and O–H groups in total. The van der Waals surface area contributed by atoms with E-state index in [0.717, 1.165) is 4.90 Å². The maximum atomic E-state index is 10.6. The van der Waals surface area contributed by atoms with E-state index in [4.69, 9.17) is 11.5 Å². The molecule has 0 radical (unpaired) electrons. The number of amides is 4. The van der Waals surface area contributed by atoms with Crippen LogP contribution < -0.4 is 16.8 Å². The number of rotatable bonds is 1. The minimum Gasteiger partial charge on any atom is -0.351 e. The fraction of sp³-hybridized carbons (Fsp3) is 0.400. The smallest absolute Gasteiger partial charge is 0.321 e. The summed E-state index contributed by atoms with van der Waals surface area (Å²) in [6, 6.07) is -1.55. The Labute approximate surface area is 74.9 Å². The largest absolute Gasteiger partial charge is 0.351 e. The van der Waals surface area contributed by atoms with Crippen LogP contribution in [0.2, 0.25) is 0 Å². The second-order valence-corrected chi connectivity index (χ2v) is 2.26. The summed E-state index contributed by atoms with van der Waals surface area (Å²) < 4.78 is 0. The van der Waals surface area contributed by atoms with Crippen LogP contribution in [0.4, 0.5) is 9.59 Å². The van der Waals surface area contributed by atoms with E-state index in [1.807, 2.05) is 0 Å². The van der Waals surface area contributed by atoms with Crippen molar-refractivity contribution in [3.63, 3.8) is 0 Å². The van der Waals surface area contributed by atoms with Gasteiger partial charge in [-0.25, -0.2) is 9.59 Å². The zero-order chi connectivity index (χ0) is 9.72. The molecule has 0 unspecified atom stereocenters. The van der Waals surface area contributed by atoms with E-state index in [-0.39, 0.29) is 11.7 Å². The number of hydrogen-bond donors (Lipinski definition) is 3. The lowest BCUT2D eigenvalue weighted by atomic mass is 10.6. The number of urea groups is 2. The Morgan fingerprint density at radius 1 is 1.50 bits per heavy atom. The average Bonchev–Trinajstić information content (AvgIpc) is 1.85. The van der Waals surface area contributed by atoms with Gasteiger partial charge in [0.2, 0.25) is 0 Å². The van der Waals surface area contributed by atoms with Gasteiger partial charge in [-0.15, -0.1) is 0 Å². The van der Waals surface area contributed by atoms with Crippen molar-refractivity contribution in [1.29, 1.82) is 0 Å². The predicted octanol–water partition coefficient (Wildman–Crippen LogP) is -0.660. The summed E-state index contributed by atoms with van der Waals surface area (Å²) in [6.07, 6.45) is 0. The molecule has 12 heavy (non-hydrogen) atoms. The van der Waals surface area contributed by atoms with Crippen LogP contribution in [0.5, 0.6) is 0 Å². The van der Waals surface area contributed by atoms with Crippen molar-refractivity contribution < 1.29 is 9.59 Å². The minimum atomic E-state index is -0.820. The van der Waals surface area contributed by atoms with Gasteiger partial charge in [0, 0.05) is 6.54 Å². The fourth-order valence-corrected chi connectivity index (χ4v) is 0.892. The first-order chi connectivity index (χ1) is 5.49. The third kappa shape index (κ3) is 3.15. The van der Waals surface area contributed by atoms with E-state index in [2.05, 4.69) is 17.5 Å². The van der Waals surface area contributed by atoms with Crippen LogP contribution in [0.25, 0.3) is 0 Å².